The molecule has 160 valence electrons. The second-order valence-electron chi connectivity index (χ2n) is 7.33. The third-order valence-electron chi connectivity index (χ3n) is 5.18. The van der Waals surface area contributed by atoms with Gasteiger partial charge in [0, 0.05) is 5.56 Å². The van der Waals surface area contributed by atoms with Gasteiger partial charge in [-0.2, -0.15) is 11.8 Å². The van der Waals surface area contributed by atoms with E-state index in [2.05, 4.69) is 47.7 Å². The molecular formula is C26H28N2O2S. The molecule has 5 heteroatoms. The van der Waals surface area contributed by atoms with Crippen LogP contribution in [-0.4, -0.2) is 22.4 Å². The number of aromatic nitrogens is 1. The number of allylic oxidation sites excluding steroid dienone is 1. The highest BCUT2D eigenvalue weighted by molar-refractivity contribution is 7.99. The summed E-state index contributed by atoms with van der Waals surface area (Å²) in [5, 5.41) is 2.53. The summed E-state index contributed by atoms with van der Waals surface area (Å²) in [7, 11) is 0. The highest BCUT2D eigenvalue weighted by Gasteiger charge is 2.17. The van der Waals surface area contributed by atoms with E-state index in [4.69, 9.17) is 4.42 Å². The minimum absolute atomic E-state index is 0.0196. The Hall–Kier alpha value is -3.05. The first kappa shape index (κ1) is 22.6. The summed E-state index contributed by atoms with van der Waals surface area (Å²) >= 11 is 1.54. The van der Waals surface area contributed by atoms with Crippen molar-refractivity contribution in [2.45, 2.75) is 31.4 Å². The number of thioether (sulfide) groups is 1. The van der Waals surface area contributed by atoms with Gasteiger partial charge in [0.2, 0.25) is 11.8 Å². The molecule has 4 nitrogen and oxygen atoms in total. The molecule has 0 spiro atoms. The van der Waals surface area contributed by atoms with Crippen molar-refractivity contribution in [3.8, 4) is 11.5 Å². The van der Waals surface area contributed by atoms with Crippen molar-refractivity contribution in [1.29, 1.82) is 0 Å². The summed E-state index contributed by atoms with van der Waals surface area (Å²) in [5.41, 5.74) is 5.23. The molecule has 1 unspecified atom stereocenters. The number of benzene rings is 2. The standard InChI is InChI=1S/C26H28N2O2S/c1-5-27-25(29)24(31-4)17-20-12-14-21(15-13-20)18(2)11-16-23-19(3)30-26(28-23)22-9-7-6-8-10-22/h5-10,12-15,24H,1-2,11,16-17H2,3-4H3,(H,27,29). The summed E-state index contributed by atoms with van der Waals surface area (Å²) in [6, 6.07) is 18.2. The molecule has 1 N–H and O–H groups in total. The van der Waals surface area contributed by atoms with Crippen molar-refractivity contribution in [2.75, 3.05) is 6.26 Å². The SMILES string of the molecule is C=CNC(=O)C(Cc1ccc(C(=C)CCc2nc(-c3ccccc3)oc2C)cc1)SC. The van der Waals surface area contributed by atoms with Crippen molar-refractivity contribution < 1.29 is 9.21 Å². The van der Waals surface area contributed by atoms with Gasteiger partial charge >= 0.3 is 0 Å². The van der Waals surface area contributed by atoms with E-state index in [0.29, 0.717) is 12.3 Å². The lowest BCUT2D eigenvalue weighted by atomic mass is 9.99. The van der Waals surface area contributed by atoms with Crippen molar-refractivity contribution in [3.63, 3.8) is 0 Å². The molecule has 31 heavy (non-hydrogen) atoms. The Bertz CT molecular complexity index is 1040. The summed E-state index contributed by atoms with van der Waals surface area (Å²) in [6.45, 7) is 9.77. The Morgan fingerprint density at radius 1 is 1.19 bits per heavy atom. The zero-order chi connectivity index (χ0) is 22.2. The Labute approximate surface area is 188 Å². The maximum Gasteiger partial charge on any atom is 0.237 e. The number of carbonyl (C=O) groups is 1. The summed E-state index contributed by atoms with van der Waals surface area (Å²) in [6.07, 6.45) is 5.62. The second-order valence-corrected chi connectivity index (χ2v) is 8.37. The lowest BCUT2D eigenvalue weighted by Gasteiger charge is -2.13. The van der Waals surface area contributed by atoms with E-state index >= 15 is 0 Å². The van der Waals surface area contributed by atoms with E-state index in [0.717, 1.165) is 46.6 Å². The third-order valence-corrected chi connectivity index (χ3v) is 6.13. The quantitative estimate of drug-likeness (QED) is 0.438. The van der Waals surface area contributed by atoms with Gasteiger partial charge in [0.25, 0.3) is 0 Å². The van der Waals surface area contributed by atoms with Gasteiger partial charge in [-0.3, -0.25) is 4.79 Å². The van der Waals surface area contributed by atoms with Crippen LogP contribution in [0.1, 0.15) is 29.0 Å². The predicted molar refractivity (Wildman–Crippen MR) is 130 cm³/mol. The maximum atomic E-state index is 12.1. The third kappa shape index (κ3) is 5.98. The lowest BCUT2D eigenvalue weighted by Crippen LogP contribution is -2.30. The summed E-state index contributed by atoms with van der Waals surface area (Å²) < 4.78 is 5.86. The molecule has 1 atom stereocenters. The Morgan fingerprint density at radius 2 is 1.90 bits per heavy atom. The summed E-state index contributed by atoms with van der Waals surface area (Å²) in [4.78, 5) is 16.7. The fraction of sp³-hybridized carbons (Fsp3) is 0.231. The smallest absolute Gasteiger partial charge is 0.237 e. The number of hydrogen-bond acceptors (Lipinski definition) is 4. The van der Waals surface area contributed by atoms with Gasteiger partial charge in [-0.25, -0.2) is 4.98 Å². The Kier molecular flexibility index (Phi) is 7.90. The van der Waals surface area contributed by atoms with Gasteiger partial charge in [-0.05, 0) is 67.5 Å². The molecule has 2 aromatic carbocycles. The van der Waals surface area contributed by atoms with E-state index in [9.17, 15) is 4.79 Å². The number of rotatable bonds is 10. The first-order valence-corrected chi connectivity index (χ1v) is 11.5. The molecule has 0 aliphatic carbocycles. The predicted octanol–water partition coefficient (Wildman–Crippen LogP) is 5.83. The monoisotopic (exact) mass is 432 g/mol. The first-order chi connectivity index (χ1) is 15.0. The van der Waals surface area contributed by atoms with Crippen molar-refractivity contribution in [1.82, 2.24) is 10.3 Å². The number of carbonyl (C=O) groups excluding carboxylic acids is 1. The minimum atomic E-state index is -0.138. The Balaban J connectivity index is 1.59. The van der Waals surface area contributed by atoms with Crippen molar-refractivity contribution in [2.24, 2.45) is 0 Å². The van der Waals surface area contributed by atoms with Gasteiger partial charge in [0.15, 0.2) is 0 Å². The molecule has 0 aliphatic rings. The van der Waals surface area contributed by atoms with Crippen LogP contribution in [0.5, 0.6) is 0 Å². The van der Waals surface area contributed by atoms with E-state index in [1.165, 1.54) is 18.0 Å². The van der Waals surface area contributed by atoms with Gasteiger partial charge < -0.3 is 9.73 Å². The molecule has 1 amide bonds. The van der Waals surface area contributed by atoms with Crippen LogP contribution in [0.4, 0.5) is 0 Å². The van der Waals surface area contributed by atoms with E-state index in [1.54, 1.807) is 0 Å². The molecule has 0 saturated heterocycles. The normalized spacial score (nSPS) is 11.7. The van der Waals surface area contributed by atoms with Crippen LogP contribution in [0.25, 0.3) is 17.0 Å². The summed E-state index contributed by atoms with van der Waals surface area (Å²) in [5.74, 6) is 1.49. The zero-order valence-electron chi connectivity index (χ0n) is 18.1. The maximum absolute atomic E-state index is 12.1. The molecule has 3 aromatic rings. The van der Waals surface area contributed by atoms with E-state index in [1.807, 2.05) is 43.5 Å². The number of hydrogen-bond donors (Lipinski definition) is 1. The highest BCUT2D eigenvalue weighted by atomic mass is 32.2. The van der Waals surface area contributed by atoms with Crippen LogP contribution in [0.15, 0.2) is 78.4 Å². The van der Waals surface area contributed by atoms with Crippen LogP contribution >= 0.6 is 11.8 Å². The number of oxazole rings is 1. The van der Waals surface area contributed by atoms with Crippen LogP contribution in [-0.2, 0) is 17.6 Å². The number of aryl methyl sites for hydroxylation is 2. The highest BCUT2D eigenvalue weighted by Crippen LogP contribution is 2.25. The number of nitrogens with zero attached hydrogens (tertiary/aromatic N) is 1. The van der Waals surface area contributed by atoms with Gasteiger partial charge in [-0.1, -0.05) is 55.6 Å². The minimum Gasteiger partial charge on any atom is -0.441 e. The van der Waals surface area contributed by atoms with Crippen LogP contribution in [0.3, 0.4) is 0 Å². The average molecular weight is 433 g/mol. The largest absolute Gasteiger partial charge is 0.441 e. The fourth-order valence-electron chi connectivity index (χ4n) is 3.35. The van der Waals surface area contributed by atoms with Crippen LogP contribution in [0, 0.1) is 6.92 Å². The molecule has 0 saturated carbocycles. The molecule has 0 radical (unpaired) electrons. The van der Waals surface area contributed by atoms with Gasteiger partial charge in [0.05, 0.1) is 10.9 Å². The number of nitrogens with one attached hydrogen (secondary N) is 1. The number of amides is 1. The fourth-order valence-corrected chi connectivity index (χ4v) is 3.99. The lowest BCUT2D eigenvalue weighted by molar-refractivity contribution is -0.119. The van der Waals surface area contributed by atoms with Crippen LogP contribution < -0.4 is 5.32 Å². The van der Waals surface area contributed by atoms with Crippen molar-refractivity contribution in [3.05, 3.63) is 96.5 Å². The Morgan fingerprint density at radius 3 is 2.55 bits per heavy atom. The molecule has 0 bridgehead atoms. The van der Waals surface area contributed by atoms with Crippen molar-refractivity contribution >= 4 is 23.2 Å². The molecular weight excluding hydrogens is 404 g/mol. The molecule has 1 aromatic heterocycles. The second kappa shape index (κ2) is 10.8. The van der Waals surface area contributed by atoms with Crippen LogP contribution in [0.2, 0.25) is 0 Å². The van der Waals surface area contributed by atoms with Gasteiger partial charge in [0.1, 0.15) is 5.76 Å². The zero-order valence-corrected chi connectivity index (χ0v) is 18.9. The molecule has 3 rings (SSSR count). The average Bonchev–Trinajstić information content (AvgIpc) is 3.17. The molecule has 1 heterocycles. The molecule has 0 aliphatic heterocycles. The van der Waals surface area contributed by atoms with E-state index in [-0.39, 0.29) is 11.2 Å². The van der Waals surface area contributed by atoms with E-state index < -0.39 is 0 Å². The van der Waals surface area contributed by atoms with Gasteiger partial charge in [-0.15, -0.1) is 0 Å². The molecule has 0 fully saturated rings. The first-order valence-electron chi connectivity index (χ1n) is 10.2. The topological polar surface area (TPSA) is 55.1 Å².